The predicted octanol–water partition coefficient (Wildman–Crippen LogP) is 4.66. The van der Waals surface area contributed by atoms with Gasteiger partial charge in [0.25, 0.3) is 0 Å². The minimum atomic E-state index is -4.11. The Balaban J connectivity index is 1.34. The summed E-state index contributed by atoms with van der Waals surface area (Å²) in [5, 5.41) is 0.953. The molecule has 0 spiro atoms. The Hall–Kier alpha value is -2.70. The minimum Gasteiger partial charge on any atom is -0.489 e. The number of halogens is 3. The molecule has 8 nitrogen and oxygen atoms in total. The van der Waals surface area contributed by atoms with Crippen LogP contribution in [0.4, 0.5) is 4.39 Å². The monoisotopic (exact) mass is 680 g/mol. The average molecular weight is 682 g/mol. The summed E-state index contributed by atoms with van der Waals surface area (Å²) >= 11 is 12.6. The molecule has 13 heteroatoms. The minimum absolute atomic E-state index is 0.00689. The largest absolute Gasteiger partial charge is 0.489 e. The Kier molecular flexibility index (Phi) is 8.47. The topological polar surface area (TPSA) is 101 Å². The Bertz CT molecular complexity index is 1790. The molecule has 3 aromatic carbocycles. The summed E-state index contributed by atoms with van der Waals surface area (Å²) in [5.74, 6) is -0.265. The van der Waals surface area contributed by atoms with E-state index in [-0.39, 0.29) is 61.5 Å². The molecule has 0 N–H and O–H groups in total. The smallest absolute Gasteiger partial charge is 0.237 e. The molecule has 2 aliphatic heterocycles. The maximum Gasteiger partial charge on any atom is 0.237 e. The van der Waals surface area contributed by atoms with Crippen LogP contribution in [0.25, 0.3) is 0 Å². The van der Waals surface area contributed by atoms with Crippen LogP contribution in [-0.4, -0.2) is 76.3 Å². The fourth-order valence-electron chi connectivity index (χ4n) is 6.73. The van der Waals surface area contributed by atoms with Gasteiger partial charge in [-0.25, -0.2) is 21.2 Å². The second-order valence-corrected chi connectivity index (χ2v) is 16.8. The zero-order chi connectivity index (χ0) is 31.3. The van der Waals surface area contributed by atoms with Crippen LogP contribution in [0.1, 0.15) is 29.5 Å². The van der Waals surface area contributed by atoms with Gasteiger partial charge in [0.2, 0.25) is 5.91 Å². The molecule has 0 bridgehead atoms. The van der Waals surface area contributed by atoms with Gasteiger partial charge >= 0.3 is 0 Å². The molecule has 1 amide bonds. The van der Waals surface area contributed by atoms with E-state index in [1.54, 1.807) is 35.2 Å². The molecule has 0 radical (unpaired) electrons. The molecule has 1 aliphatic carbocycles. The van der Waals surface area contributed by atoms with Crippen molar-refractivity contribution in [2.75, 3.05) is 37.7 Å². The highest BCUT2D eigenvalue weighted by molar-refractivity contribution is 7.92. The summed E-state index contributed by atoms with van der Waals surface area (Å²) in [5.41, 5.74) is 2.03. The van der Waals surface area contributed by atoms with E-state index in [1.165, 1.54) is 12.1 Å². The fraction of sp³-hybridized carbons (Fsp3) is 0.387. The quantitative estimate of drug-likeness (QED) is 0.335. The van der Waals surface area contributed by atoms with Crippen molar-refractivity contribution in [3.05, 3.63) is 93.2 Å². The number of fused-ring (bicyclic) bond motifs is 3. The number of amides is 1. The third-order valence-electron chi connectivity index (χ3n) is 9.02. The van der Waals surface area contributed by atoms with Gasteiger partial charge in [-0.2, -0.15) is 0 Å². The zero-order valence-electron chi connectivity index (χ0n) is 23.7. The highest BCUT2D eigenvalue weighted by Gasteiger charge is 2.60. The van der Waals surface area contributed by atoms with Gasteiger partial charge in [0.15, 0.2) is 19.7 Å². The Labute approximate surface area is 266 Å². The van der Waals surface area contributed by atoms with Crippen molar-refractivity contribution in [1.29, 1.82) is 0 Å². The molecule has 6 rings (SSSR count). The second-order valence-electron chi connectivity index (χ2n) is 11.5. The van der Waals surface area contributed by atoms with Crippen molar-refractivity contribution in [1.82, 2.24) is 9.80 Å². The van der Waals surface area contributed by atoms with Crippen LogP contribution in [0.15, 0.2) is 65.6 Å². The lowest BCUT2D eigenvalue weighted by atomic mass is 9.78. The van der Waals surface area contributed by atoms with Crippen LogP contribution in [0.5, 0.6) is 5.75 Å². The van der Waals surface area contributed by atoms with Gasteiger partial charge in [0.05, 0.1) is 29.0 Å². The van der Waals surface area contributed by atoms with Crippen LogP contribution in [-0.2, 0) is 42.2 Å². The van der Waals surface area contributed by atoms with Gasteiger partial charge in [0.1, 0.15) is 22.9 Å². The van der Waals surface area contributed by atoms with Crippen molar-refractivity contribution < 1.29 is 30.8 Å². The number of hydrogen-bond acceptors (Lipinski definition) is 7. The maximum absolute atomic E-state index is 14.6. The third kappa shape index (κ3) is 5.62. The number of hydrogen-bond donors (Lipinski definition) is 0. The molecule has 3 aliphatic rings. The van der Waals surface area contributed by atoms with Crippen molar-refractivity contribution in [3.8, 4) is 5.75 Å². The van der Waals surface area contributed by atoms with Crippen molar-refractivity contribution >= 4 is 48.8 Å². The highest BCUT2D eigenvalue weighted by atomic mass is 35.5. The lowest BCUT2D eigenvalue weighted by Gasteiger charge is -2.43. The lowest BCUT2D eigenvalue weighted by molar-refractivity contribution is -0.133. The standard InChI is InChI=1S/C31H31Cl2FN2O6S2/c32-27-2-1-3-28(33)25(27)20-42-23-7-10-26-21(18-23)4-11-29-31(26,44(40,41)24-8-5-22(34)6-9-24)12-13-36(29)30(37)19-35-14-16-43(38,39)17-15-35/h1-3,5-10,18,29H,4,11-17,19-20H2/t29-,31-/m1/s1. The number of benzene rings is 3. The number of carbonyl (C=O) groups is 1. The summed E-state index contributed by atoms with van der Waals surface area (Å²) in [7, 11) is -7.22. The molecule has 0 aromatic heterocycles. The number of carbonyl (C=O) groups excluding carboxylic acids is 1. The van der Waals surface area contributed by atoms with E-state index in [1.807, 2.05) is 11.0 Å². The number of aryl methyl sites for hydroxylation is 1. The van der Waals surface area contributed by atoms with Crippen LogP contribution >= 0.6 is 23.2 Å². The van der Waals surface area contributed by atoms with Crippen LogP contribution < -0.4 is 4.74 Å². The first-order chi connectivity index (χ1) is 20.9. The van der Waals surface area contributed by atoms with Crippen LogP contribution in [0.2, 0.25) is 10.0 Å². The molecular formula is C31H31Cl2FN2O6S2. The van der Waals surface area contributed by atoms with Gasteiger partial charge in [-0.3, -0.25) is 9.69 Å². The highest BCUT2D eigenvalue weighted by Crippen LogP contribution is 2.53. The number of nitrogens with zero attached hydrogens (tertiary/aromatic N) is 2. The Morgan fingerprint density at radius 3 is 2.36 bits per heavy atom. The molecule has 0 unspecified atom stereocenters. The Morgan fingerprint density at radius 1 is 1.00 bits per heavy atom. The van der Waals surface area contributed by atoms with Gasteiger partial charge < -0.3 is 9.64 Å². The molecule has 234 valence electrons. The molecular weight excluding hydrogens is 650 g/mol. The van der Waals surface area contributed by atoms with Gasteiger partial charge in [0, 0.05) is 35.2 Å². The summed E-state index contributed by atoms with van der Waals surface area (Å²) < 4.78 is 71.3. The number of likely N-dealkylation sites (tertiary alicyclic amines) is 1. The molecule has 2 saturated heterocycles. The van der Waals surface area contributed by atoms with E-state index < -0.39 is 36.3 Å². The molecule has 44 heavy (non-hydrogen) atoms. The first-order valence-corrected chi connectivity index (χ1v) is 18.4. The number of ether oxygens (including phenoxy) is 1. The van der Waals surface area contributed by atoms with E-state index in [0.717, 1.165) is 17.7 Å². The Morgan fingerprint density at radius 2 is 1.68 bits per heavy atom. The number of rotatable bonds is 7. The number of sulfone groups is 2. The van der Waals surface area contributed by atoms with Crippen molar-refractivity contribution in [3.63, 3.8) is 0 Å². The zero-order valence-corrected chi connectivity index (χ0v) is 26.9. The summed E-state index contributed by atoms with van der Waals surface area (Å²) in [6.45, 7) is 0.883. The summed E-state index contributed by atoms with van der Waals surface area (Å²) in [6, 6.07) is 14.6. The first kappa shape index (κ1) is 31.3. The predicted molar refractivity (Wildman–Crippen MR) is 166 cm³/mol. The fourth-order valence-corrected chi connectivity index (χ4v) is 10.9. The molecule has 2 heterocycles. The average Bonchev–Trinajstić information content (AvgIpc) is 3.40. The van der Waals surface area contributed by atoms with Gasteiger partial charge in [-0.15, -0.1) is 0 Å². The van der Waals surface area contributed by atoms with Crippen LogP contribution in [0.3, 0.4) is 0 Å². The summed E-state index contributed by atoms with van der Waals surface area (Å²) in [6.07, 6.45) is 1.07. The molecule has 2 fully saturated rings. The normalized spacial score (nSPS) is 23.2. The molecule has 3 aromatic rings. The molecule has 2 atom stereocenters. The SMILES string of the molecule is O=C(CN1CCS(=O)(=O)CC1)N1CC[C@@]2(S(=O)(=O)c3ccc(F)cc3)c3ccc(OCc4c(Cl)cccc4Cl)cc3CC[C@@H]12. The first-order valence-electron chi connectivity index (χ1n) is 14.3. The lowest BCUT2D eigenvalue weighted by Crippen LogP contribution is -2.54. The second kappa shape index (κ2) is 11.9. The van der Waals surface area contributed by atoms with Crippen LogP contribution in [0, 0.1) is 5.82 Å². The van der Waals surface area contributed by atoms with Crippen molar-refractivity contribution in [2.45, 2.75) is 41.6 Å². The van der Waals surface area contributed by atoms with Crippen molar-refractivity contribution in [2.24, 2.45) is 0 Å². The van der Waals surface area contributed by atoms with E-state index in [0.29, 0.717) is 39.8 Å². The van der Waals surface area contributed by atoms with Gasteiger partial charge in [-0.1, -0.05) is 35.3 Å². The maximum atomic E-state index is 14.6. The van der Waals surface area contributed by atoms with E-state index in [2.05, 4.69) is 0 Å². The summed E-state index contributed by atoms with van der Waals surface area (Å²) in [4.78, 5) is 17.1. The van der Waals surface area contributed by atoms with Gasteiger partial charge in [-0.05, 0) is 78.9 Å². The van der Waals surface area contributed by atoms with E-state index in [9.17, 15) is 26.0 Å². The molecule has 0 saturated carbocycles. The van der Waals surface area contributed by atoms with E-state index >= 15 is 0 Å². The van der Waals surface area contributed by atoms with E-state index in [4.69, 9.17) is 27.9 Å². The third-order valence-corrected chi connectivity index (χ3v) is 13.9.